The molecular weight excluding hydrogens is 202 g/mol. The molecule has 2 aromatic heterocycles. The van der Waals surface area contributed by atoms with Crippen molar-refractivity contribution in [3.8, 4) is 0 Å². The lowest BCUT2D eigenvalue weighted by molar-refractivity contribution is 0.243. The Hall–Kier alpha value is -1.49. The summed E-state index contributed by atoms with van der Waals surface area (Å²) in [5.74, 6) is 0.921. The van der Waals surface area contributed by atoms with Crippen LogP contribution in [-0.2, 0) is 6.42 Å². The third-order valence-corrected chi connectivity index (χ3v) is 3.37. The first-order valence-electron chi connectivity index (χ1n) is 5.61. The smallest absolute Gasteiger partial charge is 0.163 e. The van der Waals surface area contributed by atoms with Gasteiger partial charge in [0, 0.05) is 23.7 Å². The number of hydrogen-bond donors (Lipinski definition) is 1. The maximum Gasteiger partial charge on any atom is 0.163 e. The Bertz CT molecular complexity index is 526. The van der Waals surface area contributed by atoms with E-state index in [9.17, 15) is 0 Å². The van der Waals surface area contributed by atoms with Crippen molar-refractivity contribution in [3.05, 3.63) is 23.9 Å². The van der Waals surface area contributed by atoms with Gasteiger partial charge in [-0.3, -0.25) is 4.40 Å². The summed E-state index contributed by atoms with van der Waals surface area (Å²) in [5.41, 5.74) is 7.96. The monoisotopic (exact) mass is 217 g/mol. The second-order valence-electron chi connectivity index (χ2n) is 4.77. The Morgan fingerprint density at radius 2 is 2.25 bits per heavy atom. The van der Waals surface area contributed by atoms with E-state index in [0.29, 0.717) is 0 Å². The van der Waals surface area contributed by atoms with Crippen LogP contribution in [0.15, 0.2) is 12.4 Å². The predicted molar refractivity (Wildman–Crippen MR) is 60.0 cm³/mol. The fourth-order valence-corrected chi connectivity index (χ4v) is 2.18. The minimum absolute atomic E-state index is 0.0617. The minimum atomic E-state index is -0.0617. The highest BCUT2D eigenvalue weighted by Crippen LogP contribution is 2.31. The molecule has 0 spiro atoms. The van der Waals surface area contributed by atoms with Gasteiger partial charge in [-0.1, -0.05) is 0 Å². The van der Waals surface area contributed by atoms with Crippen molar-refractivity contribution in [1.29, 1.82) is 0 Å². The van der Waals surface area contributed by atoms with Gasteiger partial charge in [0.2, 0.25) is 0 Å². The number of nitrogens with two attached hydrogens (primary N) is 1. The number of fused-ring (bicyclic) bond motifs is 1. The van der Waals surface area contributed by atoms with E-state index in [0.717, 1.165) is 36.4 Å². The zero-order chi connectivity index (χ0) is 11.2. The van der Waals surface area contributed by atoms with E-state index in [4.69, 9.17) is 5.73 Å². The lowest BCUT2D eigenvalue weighted by Gasteiger charge is -2.37. The van der Waals surface area contributed by atoms with Crippen LogP contribution in [0.4, 0.5) is 0 Å². The van der Waals surface area contributed by atoms with Crippen LogP contribution in [0.25, 0.3) is 5.65 Å². The van der Waals surface area contributed by atoms with Crippen molar-refractivity contribution in [1.82, 2.24) is 19.6 Å². The van der Waals surface area contributed by atoms with Gasteiger partial charge < -0.3 is 5.73 Å². The molecule has 0 aromatic carbocycles. The van der Waals surface area contributed by atoms with E-state index in [2.05, 4.69) is 15.2 Å². The van der Waals surface area contributed by atoms with Gasteiger partial charge in [0.1, 0.15) is 12.2 Å². The largest absolute Gasteiger partial charge is 0.325 e. The van der Waals surface area contributed by atoms with Crippen LogP contribution in [0.1, 0.15) is 30.8 Å². The van der Waals surface area contributed by atoms with Crippen LogP contribution in [0.5, 0.6) is 0 Å². The molecule has 84 valence electrons. The first-order valence-corrected chi connectivity index (χ1v) is 5.61. The average Bonchev–Trinajstić information content (AvgIpc) is 2.58. The Morgan fingerprint density at radius 3 is 2.94 bits per heavy atom. The lowest BCUT2D eigenvalue weighted by atomic mass is 9.75. The van der Waals surface area contributed by atoms with Crippen LogP contribution in [0.2, 0.25) is 0 Å². The number of nitrogens with zero attached hydrogens (tertiary/aromatic N) is 4. The molecule has 0 radical (unpaired) electrons. The molecule has 2 aromatic rings. The summed E-state index contributed by atoms with van der Waals surface area (Å²) in [6.45, 7) is 1.95. The highest BCUT2D eigenvalue weighted by Gasteiger charge is 2.34. The van der Waals surface area contributed by atoms with E-state index in [1.165, 1.54) is 6.42 Å². The Kier molecular flexibility index (Phi) is 1.97. The first kappa shape index (κ1) is 9.72. The summed E-state index contributed by atoms with van der Waals surface area (Å²) >= 11 is 0. The normalized spacial score (nSPS) is 18.6. The zero-order valence-electron chi connectivity index (χ0n) is 9.35. The molecule has 0 saturated heterocycles. The fourth-order valence-electron chi connectivity index (χ4n) is 2.18. The summed E-state index contributed by atoms with van der Waals surface area (Å²) in [6, 6.07) is 1.93. The quantitative estimate of drug-likeness (QED) is 0.810. The van der Waals surface area contributed by atoms with E-state index < -0.39 is 0 Å². The van der Waals surface area contributed by atoms with E-state index in [1.807, 2.05) is 17.4 Å². The average molecular weight is 217 g/mol. The second-order valence-corrected chi connectivity index (χ2v) is 4.77. The maximum atomic E-state index is 6.21. The summed E-state index contributed by atoms with van der Waals surface area (Å²) in [6.07, 6.45) is 5.97. The summed E-state index contributed by atoms with van der Waals surface area (Å²) in [5, 5.41) is 8.34. The highest BCUT2D eigenvalue weighted by atomic mass is 15.3. The Morgan fingerprint density at radius 1 is 1.44 bits per heavy atom. The van der Waals surface area contributed by atoms with Crippen molar-refractivity contribution in [3.63, 3.8) is 0 Å². The molecule has 5 heteroatoms. The Labute approximate surface area is 93.7 Å². The fraction of sp³-hybridized carbons (Fsp3) is 0.545. The number of rotatable bonds is 2. The van der Waals surface area contributed by atoms with Gasteiger partial charge in [0.25, 0.3) is 0 Å². The summed E-state index contributed by atoms with van der Waals surface area (Å²) < 4.78 is 1.93. The van der Waals surface area contributed by atoms with Crippen molar-refractivity contribution in [2.75, 3.05) is 0 Å². The van der Waals surface area contributed by atoms with Crippen LogP contribution in [0, 0.1) is 6.92 Å². The molecule has 0 bridgehead atoms. The van der Waals surface area contributed by atoms with Crippen molar-refractivity contribution in [2.45, 2.75) is 38.1 Å². The third-order valence-electron chi connectivity index (χ3n) is 3.37. The van der Waals surface area contributed by atoms with Crippen LogP contribution in [0.3, 0.4) is 0 Å². The summed E-state index contributed by atoms with van der Waals surface area (Å²) in [4.78, 5) is 4.26. The third kappa shape index (κ3) is 1.48. The molecule has 0 atom stereocenters. The van der Waals surface area contributed by atoms with E-state index in [-0.39, 0.29) is 5.54 Å². The molecule has 0 amide bonds. The molecule has 2 N–H and O–H groups in total. The van der Waals surface area contributed by atoms with Gasteiger partial charge in [-0.2, -0.15) is 0 Å². The summed E-state index contributed by atoms with van der Waals surface area (Å²) in [7, 11) is 0. The van der Waals surface area contributed by atoms with Gasteiger partial charge in [0.05, 0.1) is 0 Å². The molecule has 2 heterocycles. The molecule has 3 rings (SSSR count). The molecule has 0 unspecified atom stereocenters. The highest BCUT2D eigenvalue weighted by molar-refractivity contribution is 5.38. The van der Waals surface area contributed by atoms with Crippen molar-refractivity contribution >= 4 is 5.65 Å². The van der Waals surface area contributed by atoms with E-state index in [1.54, 1.807) is 6.33 Å². The van der Waals surface area contributed by atoms with Gasteiger partial charge in [-0.25, -0.2) is 4.98 Å². The SMILES string of the molecule is Cc1cc2nnc(CC3(N)CCC3)n2cn1. The van der Waals surface area contributed by atoms with Crippen molar-refractivity contribution in [2.24, 2.45) is 5.73 Å². The van der Waals surface area contributed by atoms with Crippen LogP contribution < -0.4 is 5.73 Å². The number of hydrogen-bond acceptors (Lipinski definition) is 4. The minimum Gasteiger partial charge on any atom is -0.325 e. The first-order chi connectivity index (χ1) is 7.66. The molecule has 1 saturated carbocycles. The molecular formula is C11H15N5. The van der Waals surface area contributed by atoms with Crippen LogP contribution >= 0.6 is 0 Å². The van der Waals surface area contributed by atoms with Gasteiger partial charge >= 0.3 is 0 Å². The van der Waals surface area contributed by atoms with Gasteiger partial charge in [-0.15, -0.1) is 10.2 Å². The van der Waals surface area contributed by atoms with Crippen molar-refractivity contribution < 1.29 is 0 Å². The van der Waals surface area contributed by atoms with Gasteiger partial charge in [-0.05, 0) is 26.2 Å². The molecule has 1 aliphatic rings. The maximum absolute atomic E-state index is 6.21. The number of aryl methyl sites for hydroxylation is 1. The topological polar surface area (TPSA) is 69.1 Å². The standard InChI is InChI=1S/C11H15N5/c1-8-5-9-14-15-10(16(9)7-13-8)6-11(12)3-2-4-11/h5,7H,2-4,6,12H2,1H3. The molecule has 0 aliphatic heterocycles. The van der Waals surface area contributed by atoms with Crippen LogP contribution in [-0.4, -0.2) is 25.1 Å². The molecule has 16 heavy (non-hydrogen) atoms. The lowest BCUT2D eigenvalue weighted by Crippen LogP contribution is -2.48. The van der Waals surface area contributed by atoms with E-state index >= 15 is 0 Å². The number of aromatic nitrogens is 4. The zero-order valence-corrected chi connectivity index (χ0v) is 9.35. The van der Waals surface area contributed by atoms with Gasteiger partial charge in [0.15, 0.2) is 5.65 Å². The Balaban J connectivity index is 1.98. The molecule has 1 fully saturated rings. The molecule has 5 nitrogen and oxygen atoms in total. The molecule has 1 aliphatic carbocycles. The predicted octanol–water partition coefficient (Wildman–Crippen LogP) is 0.857. The second kappa shape index (κ2) is 3.25.